The monoisotopic (exact) mass is 380 g/mol. The second-order valence-corrected chi connectivity index (χ2v) is 6.77. The number of esters is 1. The quantitative estimate of drug-likeness (QED) is 0.588. The first-order valence-corrected chi connectivity index (χ1v) is 9.04. The number of nitrogens with zero attached hydrogens (tertiary/aromatic N) is 2. The Labute approximate surface area is 164 Å². The van der Waals surface area contributed by atoms with E-state index in [1.807, 2.05) is 45.0 Å². The lowest BCUT2D eigenvalue weighted by Gasteiger charge is -2.11. The fourth-order valence-electron chi connectivity index (χ4n) is 2.72. The minimum absolute atomic E-state index is 0.194. The molecule has 1 heterocycles. The van der Waals surface area contributed by atoms with Gasteiger partial charge in [-0.2, -0.15) is 5.10 Å². The van der Waals surface area contributed by atoms with Gasteiger partial charge in [0.15, 0.2) is 0 Å². The largest absolute Gasteiger partial charge is 0.497 e. The van der Waals surface area contributed by atoms with Crippen molar-refractivity contribution >= 4 is 5.97 Å². The molecule has 0 aliphatic carbocycles. The van der Waals surface area contributed by atoms with E-state index in [9.17, 15) is 4.79 Å². The van der Waals surface area contributed by atoms with Crippen LogP contribution in [0.15, 0.2) is 48.5 Å². The zero-order valence-electron chi connectivity index (χ0n) is 16.7. The van der Waals surface area contributed by atoms with E-state index in [0.29, 0.717) is 22.9 Å². The summed E-state index contributed by atoms with van der Waals surface area (Å²) >= 11 is 0. The van der Waals surface area contributed by atoms with Crippen LogP contribution in [0, 0.1) is 6.92 Å². The number of methoxy groups -OCH3 is 2. The molecule has 0 saturated heterocycles. The highest BCUT2D eigenvalue weighted by Gasteiger charge is 2.20. The van der Waals surface area contributed by atoms with E-state index in [0.717, 1.165) is 16.9 Å². The average Bonchev–Trinajstić information content (AvgIpc) is 3.12. The number of aryl methyl sites for hydroxylation is 1. The second kappa shape index (κ2) is 8.17. The fourth-order valence-corrected chi connectivity index (χ4v) is 2.72. The molecule has 0 unspecified atom stereocenters. The molecule has 0 fully saturated rings. The first kappa shape index (κ1) is 19.5. The maximum absolute atomic E-state index is 12.8. The van der Waals surface area contributed by atoms with Crippen molar-refractivity contribution in [1.29, 1.82) is 0 Å². The van der Waals surface area contributed by atoms with Crippen molar-refractivity contribution in [2.24, 2.45) is 0 Å². The van der Waals surface area contributed by atoms with Crippen molar-refractivity contribution < 1.29 is 19.0 Å². The number of aromatic nitrogens is 2. The van der Waals surface area contributed by atoms with Crippen LogP contribution in [0.2, 0.25) is 0 Å². The van der Waals surface area contributed by atoms with Crippen LogP contribution in [0.5, 0.6) is 17.4 Å². The summed E-state index contributed by atoms with van der Waals surface area (Å²) in [4.78, 5) is 12.8. The van der Waals surface area contributed by atoms with E-state index in [2.05, 4.69) is 5.10 Å². The molecule has 146 valence electrons. The van der Waals surface area contributed by atoms with Gasteiger partial charge in [0, 0.05) is 12.1 Å². The van der Waals surface area contributed by atoms with Crippen molar-refractivity contribution in [2.45, 2.75) is 26.7 Å². The van der Waals surface area contributed by atoms with Crippen LogP contribution in [0.1, 0.15) is 41.4 Å². The van der Waals surface area contributed by atoms with Crippen LogP contribution in [-0.2, 0) is 0 Å². The highest BCUT2D eigenvalue weighted by molar-refractivity contribution is 5.94. The molecule has 6 nitrogen and oxygen atoms in total. The molecule has 0 radical (unpaired) electrons. The summed E-state index contributed by atoms with van der Waals surface area (Å²) in [6, 6.07) is 14.6. The molecule has 0 bridgehead atoms. The van der Waals surface area contributed by atoms with Crippen molar-refractivity contribution in [2.75, 3.05) is 14.2 Å². The minimum Gasteiger partial charge on any atom is -0.497 e. The second-order valence-electron chi connectivity index (χ2n) is 6.77. The number of benzene rings is 2. The van der Waals surface area contributed by atoms with Gasteiger partial charge in [-0.3, -0.25) is 0 Å². The van der Waals surface area contributed by atoms with E-state index in [-0.39, 0.29) is 5.92 Å². The maximum Gasteiger partial charge on any atom is 0.348 e. The summed E-state index contributed by atoms with van der Waals surface area (Å²) in [7, 11) is 3.05. The van der Waals surface area contributed by atoms with Crippen LogP contribution >= 0.6 is 0 Å². The fraction of sp³-hybridized carbons (Fsp3) is 0.273. The Morgan fingerprint density at radius 3 is 2.32 bits per heavy atom. The molecule has 0 saturated carbocycles. The van der Waals surface area contributed by atoms with E-state index < -0.39 is 5.97 Å². The molecule has 6 heteroatoms. The number of carbonyl (C=O) groups excluding carboxylic acids is 1. The molecule has 0 spiro atoms. The maximum atomic E-state index is 12.8. The Morgan fingerprint density at radius 2 is 1.71 bits per heavy atom. The molecule has 2 aromatic carbocycles. The summed E-state index contributed by atoms with van der Waals surface area (Å²) in [5, 5.41) is 4.61. The van der Waals surface area contributed by atoms with Gasteiger partial charge in [0.1, 0.15) is 17.1 Å². The predicted molar refractivity (Wildman–Crippen MR) is 107 cm³/mol. The Kier molecular flexibility index (Phi) is 5.68. The van der Waals surface area contributed by atoms with Gasteiger partial charge in [0.25, 0.3) is 0 Å². The lowest BCUT2D eigenvalue weighted by Crippen LogP contribution is -2.13. The number of rotatable bonds is 6. The minimum atomic E-state index is -0.525. The number of ether oxygens (including phenoxy) is 3. The molecule has 3 rings (SSSR count). The van der Waals surface area contributed by atoms with Crippen molar-refractivity contribution in [1.82, 2.24) is 9.78 Å². The summed E-state index contributed by atoms with van der Waals surface area (Å²) < 4.78 is 17.8. The van der Waals surface area contributed by atoms with Crippen LogP contribution < -0.4 is 14.2 Å². The van der Waals surface area contributed by atoms with E-state index in [4.69, 9.17) is 14.2 Å². The lowest BCUT2D eigenvalue weighted by molar-refractivity contribution is 0.0719. The normalized spacial score (nSPS) is 10.8. The molecule has 0 N–H and O–H groups in total. The molecule has 3 aromatic rings. The highest BCUT2D eigenvalue weighted by atomic mass is 16.5. The molecule has 28 heavy (non-hydrogen) atoms. The van der Waals surface area contributed by atoms with Gasteiger partial charge in [-0.15, -0.1) is 0 Å². The molecule has 0 atom stereocenters. The van der Waals surface area contributed by atoms with Crippen LogP contribution in [0.3, 0.4) is 0 Å². The van der Waals surface area contributed by atoms with Gasteiger partial charge in [-0.05, 0) is 37.1 Å². The molecule has 1 aromatic heterocycles. The molecule has 0 aliphatic heterocycles. The first-order valence-electron chi connectivity index (χ1n) is 9.04. The molecule has 0 amide bonds. The van der Waals surface area contributed by atoms with Crippen LogP contribution in [0.4, 0.5) is 0 Å². The Bertz CT molecular complexity index is 975. The van der Waals surface area contributed by atoms with Crippen molar-refractivity contribution in [3.63, 3.8) is 0 Å². The third-order valence-corrected chi connectivity index (χ3v) is 4.39. The molecular formula is C22H24N2O4. The predicted octanol–water partition coefficient (Wildman–Crippen LogP) is 4.54. The third kappa shape index (κ3) is 4.01. The number of hydrogen-bond donors (Lipinski definition) is 0. The zero-order chi connectivity index (χ0) is 20.3. The van der Waals surface area contributed by atoms with E-state index >= 15 is 0 Å². The van der Waals surface area contributed by atoms with Crippen molar-refractivity contribution in [3.8, 4) is 23.1 Å². The van der Waals surface area contributed by atoms with Gasteiger partial charge >= 0.3 is 5.97 Å². The van der Waals surface area contributed by atoms with E-state index in [1.54, 1.807) is 36.1 Å². The molecule has 0 aliphatic rings. The van der Waals surface area contributed by atoms with Crippen molar-refractivity contribution in [3.05, 3.63) is 65.4 Å². The zero-order valence-corrected chi connectivity index (χ0v) is 16.7. The Hall–Kier alpha value is -3.28. The van der Waals surface area contributed by atoms with Gasteiger partial charge in [0.2, 0.25) is 5.88 Å². The summed E-state index contributed by atoms with van der Waals surface area (Å²) in [6.45, 7) is 6.10. The number of carbonyl (C=O) groups is 1. The first-order chi connectivity index (χ1) is 13.4. The van der Waals surface area contributed by atoms with Gasteiger partial charge < -0.3 is 14.2 Å². The van der Waals surface area contributed by atoms with Crippen LogP contribution in [-0.4, -0.2) is 30.0 Å². The Morgan fingerprint density at radius 1 is 1.00 bits per heavy atom. The van der Waals surface area contributed by atoms with Crippen LogP contribution in [0.25, 0.3) is 5.69 Å². The SMILES string of the molecule is COc1ccc(C(=O)Oc2cc(C(C)C)nn2-c2ccc(C)cc2)c(OC)c1. The lowest BCUT2D eigenvalue weighted by atomic mass is 10.1. The summed E-state index contributed by atoms with van der Waals surface area (Å²) in [6.07, 6.45) is 0. The number of hydrogen-bond acceptors (Lipinski definition) is 5. The van der Waals surface area contributed by atoms with Gasteiger partial charge in [-0.1, -0.05) is 31.5 Å². The summed E-state index contributed by atoms with van der Waals surface area (Å²) in [5.41, 5.74) is 3.11. The Balaban J connectivity index is 1.97. The standard InChI is InChI=1S/C22H24N2O4/c1-14(2)19-13-21(24(23-19)16-8-6-15(3)7-9-16)28-22(25)18-11-10-17(26-4)12-20(18)27-5/h6-14H,1-5H3. The summed E-state index contributed by atoms with van der Waals surface area (Å²) in [5.74, 6) is 1.01. The topological polar surface area (TPSA) is 62.6 Å². The highest BCUT2D eigenvalue weighted by Crippen LogP contribution is 2.28. The molecular weight excluding hydrogens is 356 g/mol. The van der Waals surface area contributed by atoms with E-state index in [1.165, 1.54) is 7.11 Å². The average molecular weight is 380 g/mol. The van der Waals surface area contributed by atoms with Gasteiger partial charge in [-0.25, -0.2) is 9.48 Å². The smallest absolute Gasteiger partial charge is 0.348 e. The third-order valence-electron chi connectivity index (χ3n) is 4.39. The van der Waals surface area contributed by atoms with Gasteiger partial charge in [0.05, 0.1) is 25.6 Å².